The number of nitrogens with zero attached hydrogens (tertiary/aromatic N) is 4. The molecule has 0 radical (unpaired) electrons. The summed E-state index contributed by atoms with van der Waals surface area (Å²) in [7, 11) is 0. The van der Waals surface area contributed by atoms with Crippen LogP contribution in [-0.2, 0) is 17.6 Å². The van der Waals surface area contributed by atoms with E-state index < -0.39 is 0 Å². The van der Waals surface area contributed by atoms with Gasteiger partial charge in [-0.25, -0.2) is 9.97 Å². The Morgan fingerprint density at radius 1 is 1.11 bits per heavy atom. The van der Waals surface area contributed by atoms with Gasteiger partial charge in [0.2, 0.25) is 6.41 Å². The van der Waals surface area contributed by atoms with Gasteiger partial charge in [-0.1, -0.05) is 32.0 Å². The Balaban J connectivity index is 1.79. The highest BCUT2D eigenvalue weighted by molar-refractivity contribution is 5.93. The van der Waals surface area contributed by atoms with Gasteiger partial charge in [0, 0.05) is 37.9 Å². The zero-order valence-corrected chi connectivity index (χ0v) is 15.8. The van der Waals surface area contributed by atoms with Crippen LogP contribution in [0.5, 0.6) is 0 Å². The van der Waals surface area contributed by atoms with Crippen molar-refractivity contribution in [3.8, 4) is 0 Å². The van der Waals surface area contributed by atoms with Gasteiger partial charge in [-0.3, -0.25) is 9.59 Å². The van der Waals surface area contributed by atoms with Gasteiger partial charge in [0.15, 0.2) is 0 Å². The highest BCUT2D eigenvalue weighted by Crippen LogP contribution is 2.26. The Labute approximate surface area is 159 Å². The molecule has 0 spiro atoms. The van der Waals surface area contributed by atoms with Crippen LogP contribution in [-0.4, -0.2) is 58.3 Å². The predicted octanol–water partition coefficient (Wildman–Crippen LogP) is 2.26. The standard InChI is InChI=1S/C20H25N5O2/c1-3-15-6-5-7-16(4-2)19(15)23-18-12-17(21-13-22-18)20(27)25-10-8-24(14-26)9-11-25/h5-7,12-14H,3-4,8-11H2,1-2H3,(H,21,22,23). The predicted molar refractivity (Wildman–Crippen MR) is 104 cm³/mol. The number of rotatable bonds is 6. The molecule has 0 bridgehead atoms. The van der Waals surface area contributed by atoms with Crippen molar-refractivity contribution < 1.29 is 9.59 Å². The normalized spacial score (nSPS) is 14.1. The summed E-state index contributed by atoms with van der Waals surface area (Å²) >= 11 is 0. The van der Waals surface area contributed by atoms with Crippen LogP contribution in [0, 0.1) is 0 Å². The monoisotopic (exact) mass is 367 g/mol. The third kappa shape index (κ3) is 4.24. The summed E-state index contributed by atoms with van der Waals surface area (Å²) in [6.07, 6.45) is 4.06. The molecule has 1 saturated heterocycles. The first-order valence-corrected chi connectivity index (χ1v) is 9.34. The fourth-order valence-electron chi connectivity index (χ4n) is 3.27. The van der Waals surface area contributed by atoms with E-state index in [0.717, 1.165) is 24.9 Å². The van der Waals surface area contributed by atoms with E-state index in [1.165, 1.54) is 17.5 Å². The van der Waals surface area contributed by atoms with Crippen molar-refractivity contribution in [2.75, 3.05) is 31.5 Å². The molecule has 1 aliphatic rings. The number of aryl methyl sites for hydroxylation is 2. The number of para-hydroxylation sites is 1. The molecule has 3 rings (SSSR count). The van der Waals surface area contributed by atoms with Crippen LogP contribution in [0.1, 0.15) is 35.5 Å². The summed E-state index contributed by atoms with van der Waals surface area (Å²) in [6, 6.07) is 7.96. The lowest BCUT2D eigenvalue weighted by Gasteiger charge is -2.32. The highest BCUT2D eigenvalue weighted by atomic mass is 16.2. The molecule has 142 valence electrons. The average molecular weight is 367 g/mol. The molecule has 1 aromatic heterocycles. The van der Waals surface area contributed by atoms with Crippen LogP contribution in [0.4, 0.5) is 11.5 Å². The molecule has 0 saturated carbocycles. The third-order valence-corrected chi connectivity index (χ3v) is 4.89. The number of benzene rings is 1. The van der Waals surface area contributed by atoms with Crippen molar-refractivity contribution in [1.29, 1.82) is 0 Å². The first kappa shape index (κ1) is 18.8. The lowest BCUT2D eigenvalue weighted by molar-refractivity contribution is -0.119. The van der Waals surface area contributed by atoms with E-state index in [0.29, 0.717) is 37.7 Å². The van der Waals surface area contributed by atoms with E-state index in [-0.39, 0.29) is 5.91 Å². The number of carbonyl (C=O) groups is 2. The largest absolute Gasteiger partial charge is 0.342 e. The van der Waals surface area contributed by atoms with Crippen molar-refractivity contribution in [3.63, 3.8) is 0 Å². The van der Waals surface area contributed by atoms with E-state index in [2.05, 4.69) is 47.3 Å². The van der Waals surface area contributed by atoms with E-state index in [9.17, 15) is 9.59 Å². The summed E-state index contributed by atoms with van der Waals surface area (Å²) in [5.41, 5.74) is 3.84. The number of hydrogen-bond acceptors (Lipinski definition) is 5. The summed E-state index contributed by atoms with van der Waals surface area (Å²) in [6.45, 7) is 6.37. The second-order valence-corrected chi connectivity index (χ2v) is 6.51. The van der Waals surface area contributed by atoms with Gasteiger partial charge in [-0.15, -0.1) is 0 Å². The van der Waals surface area contributed by atoms with E-state index in [1.807, 2.05) is 0 Å². The number of hydrogen-bond donors (Lipinski definition) is 1. The second-order valence-electron chi connectivity index (χ2n) is 6.51. The Bertz CT molecular complexity index is 794. The van der Waals surface area contributed by atoms with Gasteiger partial charge in [-0.05, 0) is 24.0 Å². The summed E-state index contributed by atoms with van der Waals surface area (Å²) in [5.74, 6) is 0.473. The summed E-state index contributed by atoms with van der Waals surface area (Å²) in [4.78, 5) is 35.4. The lowest BCUT2D eigenvalue weighted by atomic mass is 10.0. The van der Waals surface area contributed by atoms with Crippen molar-refractivity contribution in [2.24, 2.45) is 0 Å². The summed E-state index contributed by atoms with van der Waals surface area (Å²) in [5, 5.41) is 3.38. The van der Waals surface area contributed by atoms with Crippen molar-refractivity contribution in [2.45, 2.75) is 26.7 Å². The van der Waals surface area contributed by atoms with Crippen LogP contribution in [0.15, 0.2) is 30.6 Å². The lowest BCUT2D eigenvalue weighted by Crippen LogP contribution is -2.48. The number of amides is 2. The Morgan fingerprint density at radius 2 is 1.78 bits per heavy atom. The fraction of sp³-hybridized carbons (Fsp3) is 0.400. The molecule has 2 aromatic rings. The van der Waals surface area contributed by atoms with Gasteiger partial charge >= 0.3 is 0 Å². The third-order valence-electron chi connectivity index (χ3n) is 4.89. The molecule has 0 unspecified atom stereocenters. The van der Waals surface area contributed by atoms with Crippen LogP contribution in [0.25, 0.3) is 0 Å². The summed E-state index contributed by atoms with van der Waals surface area (Å²) < 4.78 is 0. The minimum Gasteiger partial charge on any atom is -0.342 e. The van der Waals surface area contributed by atoms with Gasteiger partial charge in [0.25, 0.3) is 5.91 Å². The highest BCUT2D eigenvalue weighted by Gasteiger charge is 2.22. The first-order valence-electron chi connectivity index (χ1n) is 9.34. The van der Waals surface area contributed by atoms with Gasteiger partial charge < -0.3 is 15.1 Å². The molecule has 1 aliphatic heterocycles. The molecule has 0 atom stereocenters. The van der Waals surface area contributed by atoms with Crippen LogP contribution in [0.2, 0.25) is 0 Å². The number of carbonyl (C=O) groups excluding carboxylic acids is 2. The van der Waals surface area contributed by atoms with Crippen molar-refractivity contribution >= 4 is 23.8 Å². The SMILES string of the molecule is CCc1cccc(CC)c1Nc1cc(C(=O)N2CCN(C=O)CC2)ncn1. The maximum absolute atomic E-state index is 12.7. The number of piperazine rings is 1. The number of anilines is 2. The molecule has 1 fully saturated rings. The quantitative estimate of drug-likeness (QED) is 0.793. The fourth-order valence-corrected chi connectivity index (χ4v) is 3.27. The zero-order chi connectivity index (χ0) is 19.2. The Morgan fingerprint density at radius 3 is 2.37 bits per heavy atom. The van der Waals surface area contributed by atoms with Crippen LogP contribution in [0.3, 0.4) is 0 Å². The average Bonchev–Trinajstić information content (AvgIpc) is 2.73. The molecule has 7 nitrogen and oxygen atoms in total. The topological polar surface area (TPSA) is 78.4 Å². The Hall–Kier alpha value is -2.96. The minimum atomic E-state index is -0.134. The Kier molecular flexibility index (Phi) is 6.01. The van der Waals surface area contributed by atoms with Crippen LogP contribution >= 0.6 is 0 Å². The molecule has 0 aliphatic carbocycles. The molecule has 2 heterocycles. The zero-order valence-electron chi connectivity index (χ0n) is 15.8. The van der Waals surface area contributed by atoms with Gasteiger partial charge in [0.05, 0.1) is 0 Å². The number of nitrogens with one attached hydrogen (secondary N) is 1. The van der Waals surface area contributed by atoms with Crippen molar-refractivity contribution in [1.82, 2.24) is 19.8 Å². The second kappa shape index (κ2) is 8.62. The molecule has 2 amide bonds. The molecule has 1 aromatic carbocycles. The van der Waals surface area contributed by atoms with Crippen LogP contribution < -0.4 is 5.32 Å². The maximum Gasteiger partial charge on any atom is 0.272 e. The minimum absolute atomic E-state index is 0.134. The molecular weight excluding hydrogens is 342 g/mol. The maximum atomic E-state index is 12.7. The smallest absolute Gasteiger partial charge is 0.272 e. The molecular formula is C20H25N5O2. The van der Waals surface area contributed by atoms with E-state index >= 15 is 0 Å². The molecule has 27 heavy (non-hydrogen) atoms. The van der Waals surface area contributed by atoms with Gasteiger partial charge in [0.1, 0.15) is 17.8 Å². The number of aromatic nitrogens is 2. The van der Waals surface area contributed by atoms with E-state index in [1.54, 1.807) is 15.9 Å². The van der Waals surface area contributed by atoms with E-state index in [4.69, 9.17) is 0 Å². The van der Waals surface area contributed by atoms with Crippen molar-refractivity contribution in [3.05, 3.63) is 47.4 Å². The first-order chi connectivity index (χ1) is 13.2. The molecule has 1 N–H and O–H groups in total. The molecule has 7 heteroatoms. The van der Waals surface area contributed by atoms with Gasteiger partial charge in [-0.2, -0.15) is 0 Å².